The van der Waals surface area contributed by atoms with E-state index >= 15 is 0 Å². The Kier molecular flexibility index (Phi) is 3.47. The molecule has 0 bridgehead atoms. The van der Waals surface area contributed by atoms with Crippen molar-refractivity contribution in [3.05, 3.63) is 53.1 Å². The first-order chi connectivity index (χ1) is 9.31. The summed E-state index contributed by atoms with van der Waals surface area (Å²) in [6.45, 7) is 1.97. The van der Waals surface area contributed by atoms with Gasteiger partial charge < -0.3 is 14.8 Å². The summed E-state index contributed by atoms with van der Waals surface area (Å²) in [5, 5.41) is 4.10. The summed E-state index contributed by atoms with van der Waals surface area (Å²) >= 11 is 5.86. The van der Waals surface area contributed by atoms with Crippen molar-refractivity contribution in [3.63, 3.8) is 0 Å². The Balaban J connectivity index is 1.68. The van der Waals surface area contributed by atoms with Crippen molar-refractivity contribution in [2.75, 3.05) is 18.5 Å². The van der Waals surface area contributed by atoms with E-state index in [9.17, 15) is 0 Å². The van der Waals surface area contributed by atoms with E-state index in [1.165, 1.54) is 5.56 Å². The molecule has 0 radical (unpaired) electrons. The topological polar surface area (TPSA) is 30.5 Å². The fourth-order valence-corrected chi connectivity index (χ4v) is 2.09. The molecule has 3 rings (SSSR count). The maximum absolute atomic E-state index is 5.86. The number of anilines is 1. The lowest BCUT2D eigenvalue weighted by Gasteiger charge is -2.19. The highest BCUT2D eigenvalue weighted by Crippen LogP contribution is 2.32. The third kappa shape index (κ3) is 2.93. The number of hydrogen-bond acceptors (Lipinski definition) is 3. The second-order valence-corrected chi connectivity index (χ2v) is 4.77. The van der Waals surface area contributed by atoms with Crippen molar-refractivity contribution in [2.45, 2.75) is 6.54 Å². The Hall–Kier alpha value is -1.87. The van der Waals surface area contributed by atoms with Crippen molar-refractivity contribution in [1.82, 2.24) is 0 Å². The second-order valence-electron chi connectivity index (χ2n) is 4.34. The van der Waals surface area contributed by atoms with Gasteiger partial charge in [0, 0.05) is 23.3 Å². The van der Waals surface area contributed by atoms with Gasteiger partial charge in [-0.05, 0) is 29.8 Å². The molecule has 0 saturated carbocycles. The normalized spacial score (nSPS) is 13.1. The van der Waals surface area contributed by atoms with Gasteiger partial charge in [-0.3, -0.25) is 0 Å². The molecule has 1 aliphatic heterocycles. The summed E-state index contributed by atoms with van der Waals surface area (Å²) in [5.41, 5.74) is 2.19. The minimum atomic E-state index is 0.605. The fraction of sp³-hybridized carbons (Fsp3) is 0.200. The zero-order chi connectivity index (χ0) is 13.1. The van der Waals surface area contributed by atoms with Gasteiger partial charge in [0.2, 0.25) is 0 Å². The maximum Gasteiger partial charge on any atom is 0.163 e. The molecule has 0 aromatic heterocycles. The van der Waals surface area contributed by atoms with Crippen LogP contribution in [0.5, 0.6) is 11.5 Å². The maximum atomic E-state index is 5.86. The number of fused-ring (bicyclic) bond motifs is 1. The van der Waals surface area contributed by atoms with E-state index in [4.69, 9.17) is 21.1 Å². The van der Waals surface area contributed by atoms with Crippen LogP contribution in [0, 0.1) is 0 Å². The Morgan fingerprint density at radius 2 is 1.68 bits per heavy atom. The average molecular weight is 276 g/mol. The van der Waals surface area contributed by atoms with Crippen molar-refractivity contribution in [1.29, 1.82) is 0 Å². The molecule has 0 spiro atoms. The standard InChI is InChI=1S/C15H14ClNO2/c16-12-3-1-11(2-4-12)10-17-13-5-6-14-15(9-13)19-8-7-18-14/h1-6,9,17H,7-8,10H2. The molecular formula is C15H14ClNO2. The van der Waals surface area contributed by atoms with Crippen molar-refractivity contribution < 1.29 is 9.47 Å². The molecule has 1 heterocycles. The van der Waals surface area contributed by atoms with Gasteiger partial charge in [-0.2, -0.15) is 0 Å². The molecule has 0 aliphatic carbocycles. The molecular weight excluding hydrogens is 262 g/mol. The highest BCUT2D eigenvalue weighted by atomic mass is 35.5. The van der Waals surface area contributed by atoms with Gasteiger partial charge >= 0.3 is 0 Å². The summed E-state index contributed by atoms with van der Waals surface area (Å²) in [5.74, 6) is 1.61. The van der Waals surface area contributed by atoms with Gasteiger partial charge in [0.25, 0.3) is 0 Å². The lowest BCUT2D eigenvalue weighted by atomic mass is 10.2. The number of halogens is 1. The fourth-order valence-electron chi connectivity index (χ4n) is 1.96. The zero-order valence-electron chi connectivity index (χ0n) is 10.4. The van der Waals surface area contributed by atoms with Crippen LogP contribution >= 0.6 is 11.6 Å². The quantitative estimate of drug-likeness (QED) is 0.926. The predicted molar refractivity (Wildman–Crippen MR) is 76.2 cm³/mol. The summed E-state index contributed by atoms with van der Waals surface area (Å²) in [6.07, 6.45) is 0. The summed E-state index contributed by atoms with van der Waals surface area (Å²) < 4.78 is 11.0. The highest BCUT2D eigenvalue weighted by molar-refractivity contribution is 6.30. The Morgan fingerprint density at radius 1 is 0.947 bits per heavy atom. The summed E-state index contributed by atoms with van der Waals surface area (Å²) in [7, 11) is 0. The first-order valence-corrected chi connectivity index (χ1v) is 6.57. The summed E-state index contributed by atoms with van der Waals surface area (Å²) in [6, 6.07) is 13.7. The van der Waals surface area contributed by atoms with Crippen LogP contribution in [0.25, 0.3) is 0 Å². The molecule has 98 valence electrons. The number of rotatable bonds is 3. The molecule has 19 heavy (non-hydrogen) atoms. The average Bonchev–Trinajstić information content (AvgIpc) is 2.46. The van der Waals surface area contributed by atoms with E-state index in [1.807, 2.05) is 42.5 Å². The molecule has 1 N–H and O–H groups in total. The molecule has 0 fully saturated rings. The molecule has 3 nitrogen and oxygen atoms in total. The smallest absolute Gasteiger partial charge is 0.163 e. The largest absolute Gasteiger partial charge is 0.486 e. The molecule has 0 amide bonds. The highest BCUT2D eigenvalue weighted by Gasteiger charge is 2.11. The SMILES string of the molecule is Clc1ccc(CNc2ccc3c(c2)OCCO3)cc1. The van der Waals surface area contributed by atoms with E-state index in [2.05, 4.69) is 5.32 Å². The van der Waals surface area contributed by atoms with Gasteiger partial charge in [-0.1, -0.05) is 23.7 Å². The third-order valence-corrected chi connectivity index (χ3v) is 3.20. The number of hydrogen-bond donors (Lipinski definition) is 1. The van der Waals surface area contributed by atoms with Crippen molar-refractivity contribution >= 4 is 17.3 Å². The van der Waals surface area contributed by atoms with E-state index in [0.717, 1.165) is 28.8 Å². The van der Waals surface area contributed by atoms with Crippen LogP contribution in [-0.4, -0.2) is 13.2 Å². The molecule has 0 atom stereocenters. The minimum absolute atomic E-state index is 0.605. The monoisotopic (exact) mass is 275 g/mol. The van der Waals surface area contributed by atoms with Gasteiger partial charge in [0.1, 0.15) is 13.2 Å². The van der Waals surface area contributed by atoms with Gasteiger partial charge in [0.05, 0.1) is 0 Å². The number of nitrogens with one attached hydrogen (secondary N) is 1. The van der Waals surface area contributed by atoms with E-state index in [1.54, 1.807) is 0 Å². The van der Waals surface area contributed by atoms with Crippen LogP contribution in [0.1, 0.15) is 5.56 Å². The lowest BCUT2D eigenvalue weighted by molar-refractivity contribution is 0.171. The Labute approximate surface area is 117 Å². The van der Waals surface area contributed by atoms with Gasteiger partial charge in [-0.15, -0.1) is 0 Å². The molecule has 0 unspecified atom stereocenters. The van der Waals surface area contributed by atoms with Gasteiger partial charge in [0.15, 0.2) is 11.5 Å². The number of ether oxygens (including phenoxy) is 2. The Morgan fingerprint density at radius 3 is 2.47 bits per heavy atom. The van der Waals surface area contributed by atoms with Crippen LogP contribution in [0.2, 0.25) is 5.02 Å². The minimum Gasteiger partial charge on any atom is -0.486 e. The van der Waals surface area contributed by atoms with Gasteiger partial charge in [-0.25, -0.2) is 0 Å². The van der Waals surface area contributed by atoms with Crippen LogP contribution < -0.4 is 14.8 Å². The van der Waals surface area contributed by atoms with Crippen LogP contribution in [0.15, 0.2) is 42.5 Å². The van der Waals surface area contributed by atoms with Crippen molar-refractivity contribution in [2.24, 2.45) is 0 Å². The van der Waals surface area contributed by atoms with Crippen LogP contribution in [-0.2, 0) is 6.54 Å². The zero-order valence-corrected chi connectivity index (χ0v) is 11.1. The first kappa shape index (κ1) is 12.2. The molecule has 2 aromatic rings. The molecule has 2 aromatic carbocycles. The van der Waals surface area contributed by atoms with Crippen LogP contribution in [0.4, 0.5) is 5.69 Å². The molecule has 1 aliphatic rings. The summed E-state index contributed by atoms with van der Waals surface area (Å²) in [4.78, 5) is 0. The van der Waals surface area contributed by atoms with E-state index < -0.39 is 0 Å². The molecule has 4 heteroatoms. The van der Waals surface area contributed by atoms with Crippen molar-refractivity contribution in [3.8, 4) is 11.5 Å². The second kappa shape index (κ2) is 5.41. The lowest BCUT2D eigenvalue weighted by Crippen LogP contribution is -2.15. The van der Waals surface area contributed by atoms with E-state index in [-0.39, 0.29) is 0 Å². The predicted octanol–water partition coefficient (Wildman–Crippen LogP) is 3.72. The molecule has 0 saturated heterocycles. The Bertz CT molecular complexity index is 569. The van der Waals surface area contributed by atoms with Crippen LogP contribution in [0.3, 0.4) is 0 Å². The van der Waals surface area contributed by atoms with E-state index in [0.29, 0.717) is 13.2 Å². The first-order valence-electron chi connectivity index (χ1n) is 6.19. The third-order valence-electron chi connectivity index (χ3n) is 2.95. The number of benzene rings is 2.